The summed E-state index contributed by atoms with van der Waals surface area (Å²) in [6, 6.07) is -0.547. The number of alkyl halides is 3. The molecule has 0 spiro atoms. The number of hydrogen-bond acceptors (Lipinski definition) is 4. The van der Waals surface area contributed by atoms with E-state index in [1.54, 1.807) is 6.92 Å². The van der Waals surface area contributed by atoms with Gasteiger partial charge in [0, 0.05) is 0 Å². The Bertz CT molecular complexity index is 281. The van der Waals surface area contributed by atoms with E-state index in [0.717, 1.165) is 0 Å². The molecule has 0 radical (unpaired) electrons. The Labute approximate surface area is 71.9 Å². The minimum absolute atomic E-state index is 0.0132. The molecule has 1 heterocycles. The molecule has 0 unspecified atom stereocenters. The third kappa shape index (κ3) is 3.02. The van der Waals surface area contributed by atoms with E-state index in [1.165, 1.54) is 0 Å². The van der Waals surface area contributed by atoms with E-state index in [4.69, 9.17) is 5.73 Å². The van der Waals surface area contributed by atoms with E-state index in [1.807, 2.05) is 0 Å². The van der Waals surface area contributed by atoms with Gasteiger partial charge in [0.25, 0.3) is 0 Å². The largest absolute Gasteiger partial charge is 0.396 e. The van der Waals surface area contributed by atoms with Crippen molar-refractivity contribution in [1.29, 1.82) is 0 Å². The Morgan fingerprint density at radius 2 is 2.15 bits per heavy atom. The first-order valence-electron chi connectivity index (χ1n) is 3.53. The van der Waals surface area contributed by atoms with Gasteiger partial charge < -0.3 is 10.3 Å². The van der Waals surface area contributed by atoms with Gasteiger partial charge in [-0.2, -0.15) is 18.2 Å². The molecular formula is C6H8F3N3O. The zero-order valence-corrected chi connectivity index (χ0v) is 6.80. The molecule has 0 fully saturated rings. The molecule has 1 rings (SSSR count). The SMILES string of the molecule is C[C@H](N)c1nc(CC(F)(F)F)no1. The van der Waals surface area contributed by atoms with Gasteiger partial charge in [0.05, 0.1) is 6.04 Å². The molecule has 1 aromatic rings. The molecule has 0 aliphatic carbocycles. The monoisotopic (exact) mass is 195 g/mol. The average molecular weight is 195 g/mol. The van der Waals surface area contributed by atoms with Crippen LogP contribution in [0, 0.1) is 0 Å². The Hall–Kier alpha value is -1.11. The highest BCUT2D eigenvalue weighted by Crippen LogP contribution is 2.20. The molecule has 0 saturated carbocycles. The van der Waals surface area contributed by atoms with Crippen LogP contribution in [0.1, 0.15) is 24.7 Å². The molecule has 74 valence electrons. The lowest BCUT2D eigenvalue weighted by Crippen LogP contribution is -2.13. The van der Waals surface area contributed by atoms with E-state index in [0.29, 0.717) is 0 Å². The smallest absolute Gasteiger partial charge is 0.338 e. The maximum absolute atomic E-state index is 11.8. The summed E-state index contributed by atoms with van der Waals surface area (Å²) in [4.78, 5) is 3.47. The second kappa shape index (κ2) is 3.33. The van der Waals surface area contributed by atoms with Crippen LogP contribution in [0.5, 0.6) is 0 Å². The van der Waals surface area contributed by atoms with Crippen molar-refractivity contribution < 1.29 is 17.7 Å². The number of nitrogens with two attached hydrogens (primary N) is 1. The van der Waals surface area contributed by atoms with Crippen LogP contribution in [0.4, 0.5) is 13.2 Å². The summed E-state index contributed by atoms with van der Waals surface area (Å²) < 4.78 is 39.9. The van der Waals surface area contributed by atoms with Gasteiger partial charge in [0.1, 0.15) is 6.42 Å². The summed E-state index contributed by atoms with van der Waals surface area (Å²) in [6.07, 6.45) is -5.51. The quantitative estimate of drug-likeness (QED) is 0.769. The number of aromatic nitrogens is 2. The normalized spacial score (nSPS) is 14.5. The summed E-state index contributed by atoms with van der Waals surface area (Å²) in [5.74, 6) is -0.376. The number of nitrogens with zero attached hydrogens (tertiary/aromatic N) is 2. The second-order valence-corrected chi connectivity index (χ2v) is 2.63. The second-order valence-electron chi connectivity index (χ2n) is 2.63. The molecule has 13 heavy (non-hydrogen) atoms. The van der Waals surface area contributed by atoms with Crippen molar-refractivity contribution in [3.8, 4) is 0 Å². The average Bonchev–Trinajstić information content (AvgIpc) is 2.31. The minimum Gasteiger partial charge on any atom is -0.338 e. The summed E-state index contributed by atoms with van der Waals surface area (Å²) in [5.41, 5.74) is 5.31. The van der Waals surface area contributed by atoms with Crippen LogP contribution in [0.25, 0.3) is 0 Å². The Morgan fingerprint density at radius 3 is 2.54 bits per heavy atom. The van der Waals surface area contributed by atoms with E-state index in [9.17, 15) is 13.2 Å². The van der Waals surface area contributed by atoms with Crippen molar-refractivity contribution in [2.24, 2.45) is 5.73 Å². The van der Waals surface area contributed by atoms with Crippen molar-refractivity contribution >= 4 is 0 Å². The Morgan fingerprint density at radius 1 is 1.54 bits per heavy atom. The highest BCUT2D eigenvalue weighted by Gasteiger charge is 2.30. The molecule has 0 bridgehead atoms. The van der Waals surface area contributed by atoms with Crippen molar-refractivity contribution in [3.05, 3.63) is 11.7 Å². The fourth-order valence-electron chi connectivity index (χ4n) is 0.704. The fraction of sp³-hybridized carbons (Fsp3) is 0.667. The Kier molecular flexibility index (Phi) is 2.55. The third-order valence-electron chi connectivity index (χ3n) is 1.23. The first-order valence-corrected chi connectivity index (χ1v) is 3.53. The lowest BCUT2D eigenvalue weighted by molar-refractivity contribution is -0.128. The van der Waals surface area contributed by atoms with Gasteiger partial charge in [-0.25, -0.2) is 0 Å². The predicted molar refractivity (Wildman–Crippen MR) is 36.7 cm³/mol. The molecule has 0 amide bonds. The van der Waals surface area contributed by atoms with E-state index < -0.39 is 18.6 Å². The molecule has 4 nitrogen and oxygen atoms in total. The van der Waals surface area contributed by atoms with Crippen molar-refractivity contribution in [2.45, 2.75) is 25.6 Å². The van der Waals surface area contributed by atoms with E-state index >= 15 is 0 Å². The van der Waals surface area contributed by atoms with Gasteiger partial charge in [-0.05, 0) is 6.92 Å². The lowest BCUT2D eigenvalue weighted by Gasteiger charge is -2.00. The fourth-order valence-corrected chi connectivity index (χ4v) is 0.704. The van der Waals surface area contributed by atoms with Crippen LogP contribution in [-0.2, 0) is 6.42 Å². The number of halogens is 3. The lowest BCUT2D eigenvalue weighted by atomic mass is 10.3. The standard InChI is InChI=1S/C6H8F3N3O/c1-3(10)5-11-4(12-13-5)2-6(7,8)9/h3H,2,10H2,1H3/t3-/m0/s1. The Balaban J connectivity index is 2.70. The summed E-state index contributed by atoms with van der Waals surface area (Å²) in [5, 5.41) is 3.14. The van der Waals surface area contributed by atoms with Gasteiger partial charge in [-0.3, -0.25) is 0 Å². The summed E-state index contributed by atoms with van der Waals surface area (Å²) >= 11 is 0. The van der Waals surface area contributed by atoms with Gasteiger partial charge in [-0.15, -0.1) is 0 Å². The molecule has 1 aromatic heterocycles. The van der Waals surface area contributed by atoms with E-state index in [2.05, 4.69) is 14.7 Å². The van der Waals surface area contributed by atoms with Gasteiger partial charge >= 0.3 is 6.18 Å². The molecule has 2 N–H and O–H groups in total. The molecule has 0 aliphatic rings. The number of rotatable bonds is 2. The van der Waals surface area contributed by atoms with Crippen molar-refractivity contribution in [2.75, 3.05) is 0 Å². The molecule has 0 aromatic carbocycles. The van der Waals surface area contributed by atoms with Gasteiger partial charge in [0.15, 0.2) is 5.82 Å². The van der Waals surface area contributed by atoms with Crippen molar-refractivity contribution in [3.63, 3.8) is 0 Å². The predicted octanol–water partition coefficient (Wildman–Crippen LogP) is 1.19. The summed E-state index contributed by atoms with van der Waals surface area (Å²) in [6.45, 7) is 1.55. The zero-order valence-electron chi connectivity index (χ0n) is 6.80. The molecule has 1 atom stereocenters. The first kappa shape index (κ1) is 9.97. The van der Waals surface area contributed by atoms with Crippen LogP contribution < -0.4 is 5.73 Å². The molecule has 7 heteroatoms. The van der Waals surface area contributed by atoms with Crippen LogP contribution in [0.2, 0.25) is 0 Å². The maximum atomic E-state index is 11.8. The highest BCUT2D eigenvalue weighted by atomic mass is 19.4. The third-order valence-corrected chi connectivity index (χ3v) is 1.23. The maximum Gasteiger partial charge on any atom is 0.396 e. The number of hydrogen-bond donors (Lipinski definition) is 1. The molecular weight excluding hydrogens is 187 g/mol. The van der Waals surface area contributed by atoms with E-state index in [-0.39, 0.29) is 11.7 Å². The topological polar surface area (TPSA) is 64.9 Å². The molecule has 0 aliphatic heterocycles. The van der Waals surface area contributed by atoms with Crippen LogP contribution in [0.15, 0.2) is 4.52 Å². The van der Waals surface area contributed by atoms with Crippen molar-refractivity contribution in [1.82, 2.24) is 10.1 Å². The highest BCUT2D eigenvalue weighted by molar-refractivity contribution is 4.91. The zero-order chi connectivity index (χ0) is 10.1. The van der Waals surface area contributed by atoms with Gasteiger partial charge in [-0.1, -0.05) is 5.16 Å². The van der Waals surface area contributed by atoms with Crippen LogP contribution in [-0.4, -0.2) is 16.3 Å². The summed E-state index contributed by atoms with van der Waals surface area (Å²) in [7, 11) is 0. The molecule has 0 saturated heterocycles. The first-order chi connectivity index (χ1) is 5.88. The van der Waals surface area contributed by atoms with Gasteiger partial charge in [0.2, 0.25) is 5.89 Å². The minimum atomic E-state index is -4.32. The van der Waals surface area contributed by atoms with Crippen LogP contribution >= 0.6 is 0 Å². The van der Waals surface area contributed by atoms with Crippen LogP contribution in [0.3, 0.4) is 0 Å².